The molecule has 14 heteroatoms. The Balaban J connectivity index is 2.25. The number of carbonyl (C=O) groups excluding carboxylic acids is 4. The van der Waals surface area contributed by atoms with Gasteiger partial charge in [0.25, 0.3) is 5.56 Å². The Hall–Kier alpha value is -4.35. The molecule has 0 bridgehead atoms. The Morgan fingerprint density at radius 1 is 0.949 bits per heavy atom. The van der Waals surface area contributed by atoms with E-state index >= 15 is 0 Å². The van der Waals surface area contributed by atoms with Crippen LogP contribution in [0.1, 0.15) is 39.5 Å². The number of esters is 4. The van der Waals surface area contributed by atoms with E-state index in [9.17, 15) is 29.2 Å². The van der Waals surface area contributed by atoms with Gasteiger partial charge in [-0.05, 0) is 17.8 Å². The Labute approximate surface area is 227 Å². The fourth-order valence-corrected chi connectivity index (χ4v) is 4.41. The summed E-state index contributed by atoms with van der Waals surface area (Å²) in [4.78, 5) is 64.1. The number of hydrogen-bond donors (Lipinski definition) is 1. The van der Waals surface area contributed by atoms with Crippen molar-refractivity contribution in [3.8, 4) is 17.3 Å². The van der Waals surface area contributed by atoms with Crippen molar-refractivity contribution in [1.82, 2.24) is 9.55 Å². The summed E-state index contributed by atoms with van der Waals surface area (Å²) in [5, 5.41) is 9.87. The van der Waals surface area contributed by atoms with Crippen molar-refractivity contribution in [3.05, 3.63) is 51.0 Å². The van der Waals surface area contributed by atoms with Crippen molar-refractivity contribution < 1.29 is 42.9 Å². The van der Waals surface area contributed by atoms with E-state index in [1.54, 1.807) is 30.3 Å². The van der Waals surface area contributed by atoms with E-state index in [1.165, 1.54) is 0 Å². The van der Waals surface area contributed by atoms with Gasteiger partial charge in [0.1, 0.15) is 24.3 Å². The Morgan fingerprint density at radius 3 is 2.05 bits per heavy atom. The first-order valence-electron chi connectivity index (χ1n) is 11.6. The number of aromatic nitrogens is 2. The number of rotatable bonds is 7. The van der Waals surface area contributed by atoms with Crippen LogP contribution in [0.15, 0.2) is 35.1 Å². The maximum atomic E-state index is 13.7. The van der Waals surface area contributed by atoms with Gasteiger partial charge >= 0.3 is 23.9 Å². The molecule has 206 valence electrons. The molecule has 5 atom stereocenters. The molecule has 13 nitrogen and oxygen atoms in total. The lowest BCUT2D eigenvalue weighted by atomic mass is 9.97. The van der Waals surface area contributed by atoms with Crippen molar-refractivity contribution in [2.75, 3.05) is 6.61 Å². The number of benzene rings is 1. The lowest BCUT2D eigenvalue weighted by Crippen LogP contribution is -2.61. The maximum Gasteiger partial charge on any atom is 0.303 e. The van der Waals surface area contributed by atoms with Crippen LogP contribution in [-0.4, -0.2) is 64.5 Å². The quantitative estimate of drug-likeness (QED) is 0.296. The van der Waals surface area contributed by atoms with Crippen molar-refractivity contribution in [2.45, 2.75) is 58.3 Å². The number of nitrogens with one attached hydrogen (secondary N) is 1. The molecule has 1 aromatic heterocycles. The zero-order valence-electron chi connectivity index (χ0n) is 21.4. The third kappa shape index (κ3) is 6.75. The molecule has 1 saturated heterocycles. The van der Waals surface area contributed by atoms with Crippen LogP contribution in [0.5, 0.6) is 0 Å². The molecule has 1 aliphatic rings. The monoisotopic (exact) mass is 559 g/mol. The highest BCUT2D eigenvalue weighted by molar-refractivity contribution is 7.71. The van der Waals surface area contributed by atoms with Gasteiger partial charge in [0, 0.05) is 27.7 Å². The summed E-state index contributed by atoms with van der Waals surface area (Å²) < 4.78 is 27.8. The highest BCUT2D eigenvalue weighted by Crippen LogP contribution is 2.34. The molecule has 0 radical (unpaired) electrons. The first-order valence-corrected chi connectivity index (χ1v) is 12.0. The van der Waals surface area contributed by atoms with Gasteiger partial charge < -0.3 is 28.7 Å². The molecule has 1 N–H and O–H groups in total. The van der Waals surface area contributed by atoms with Crippen LogP contribution in [0.25, 0.3) is 11.3 Å². The predicted octanol–water partition coefficient (Wildman–Crippen LogP) is 1.70. The summed E-state index contributed by atoms with van der Waals surface area (Å²) in [5.41, 5.74) is -0.579. The lowest BCUT2D eigenvalue weighted by Gasteiger charge is -2.44. The molecule has 39 heavy (non-hydrogen) atoms. The molecular formula is C25H25N3O10S. The molecule has 0 unspecified atom stereocenters. The van der Waals surface area contributed by atoms with Gasteiger partial charge in [-0.3, -0.25) is 28.5 Å². The number of carbonyl (C=O) groups is 4. The first-order chi connectivity index (χ1) is 18.4. The molecule has 1 aromatic carbocycles. The van der Waals surface area contributed by atoms with Gasteiger partial charge in [-0.2, -0.15) is 5.26 Å². The lowest BCUT2D eigenvalue weighted by molar-refractivity contribution is -0.269. The number of nitriles is 1. The minimum Gasteiger partial charge on any atom is -0.463 e. The van der Waals surface area contributed by atoms with E-state index in [1.807, 2.05) is 6.07 Å². The minimum absolute atomic E-state index is 0.148. The number of nitrogens with zero attached hydrogens (tertiary/aromatic N) is 2. The normalized spacial score (nSPS) is 22.2. The van der Waals surface area contributed by atoms with Crippen LogP contribution < -0.4 is 5.56 Å². The van der Waals surface area contributed by atoms with Crippen LogP contribution in [0, 0.1) is 16.1 Å². The summed E-state index contributed by atoms with van der Waals surface area (Å²) >= 11 is 5.45. The van der Waals surface area contributed by atoms with Gasteiger partial charge in [-0.1, -0.05) is 30.3 Å². The third-order valence-corrected chi connectivity index (χ3v) is 5.83. The molecule has 0 saturated carbocycles. The van der Waals surface area contributed by atoms with Crippen molar-refractivity contribution in [1.29, 1.82) is 5.26 Å². The number of aromatic amines is 1. The highest BCUT2D eigenvalue weighted by atomic mass is 32.1. The van der Waals surface area contributed by atoms with Crippen molar-refractivity contribution in [2.24, 2.45) is 0 Å². The molecule has 0 spiro atoms. The van der Waals surface area contributed by atoms with E-state index in [4.69, 9.17) is 35.9 Å². The first kappa shape index (κ1) is 29.2. The van der Waals surface area contributed by atoms with Crippen LogP contribution >= 0.6 is 12.2 Å². The Bertz CT molecular complexity index is 1430. The fourth-order valence-electron chi connectivity index (χ4n) is 4.12. The summed E-state index contributed by atoms with van der Waals surface area (Å²) in [7, 11) is 0. The molecule has 1 fully saturated rings. The van der Waals surface area contributed by atoms with Gasteiger partial charge in [-0.15, -0.1) is 0 Å². The van der Waals surface area contributed by atoms with Crippen LogP contribution in [-0.2, 0) is 42.9 Å². The van der Waals surface area contributed by atoms with E-state index in [-0.39, 0.29) is 16.0 Å². The van der Waals surface area contributed by atoms with Crippen LogP contribution in [0.3, 0.4) is 0 Å². The molecule has 3 rings (SSSR count). The van der Waals surface area contributed by atoms with E-state index in [2.05, 4.69) is 4.98 Å². The van der Waals surface area contributed by atoms with Crippen molar-refractivity contribution >= 4 is 36.1 Å². The molecule has 0 amide bonds. The largest absolute Gasteiger partial charge is 0.463 e. The number of hydrogen-bond acceptors (Lipinski definition) is 12. The fraction of sp³-hybridized carbons (Fsp3) is 0.400. The number of ether oxygens (including phenoxy) is 5. The summed E-state index contributed by atoms with van der Waals surface area (Å²) in [6.07, 6.45) is -7.42. The van der Waals surface area contributed by atoms with Gasteiger partial charge in [0.05, 0.1) is 5.69 Å². The zero-order chi connectivity index (χ0) is 28.9. The minimum atomic E-state index is -1.60. The smallest absolute Gasteiger partial charge is 0.303 e. The average Bonchev–Trinajstić information content (AvgIpc) is 2.85. The van der Waals surface area contributed by atoms with Gasteiger partial charge in [-0.25, -0.2) is 0 Å². The zero-order valence-corrected chi connectivity index (χ0v) is 22.2. The van der Waals surface area contributed by atoms with E-state index in [0.29, 0.717) is 5.56 Å². The third-order valence-electron chi connectivity index (χ3n) is 5.53. The number of H-pyrrole nitrogens is 1. The van der Waals surface area contributed by atoms with Gasteiger partial charge in [0.2, 0.25) is 0 Å². The predicted molar refractivity (Wildman–Crippen MR) is 133 cm³/mol. The second kappa shape index (κ2) is 12.5. The van der Waals surface area contributed by atoms with Crippen LogP contribution in [0.4, 0.5) is 0 Å². The molecular weight excluding hydrogens is 534 g/mol. The van der Waals surface area contributed by atoms with E-state index in [0.717, 1.165) is 32.3 Å². The maximum absolute atomic E-state index is 13.7. The Morgan fingerprint density at radius 2 is 1.51 bits per heavy atom. The molecule has 2 heterocycles. The molecule has 1 aliphatic heterocycles. The molecule has 2 aromatic rings. The van der Waals surface area contributed by atoms with Gasteiger partial charge in [0.15, 0.2) is 29.3 Å². The summed E-state index contributed by atoms with van der Waals surface area (Å²) in [6, 6.07) is 10.4. The highest BCUT2D eigenvalue weighted by Gasteiger charge is 2.53. The summed E-state index contributed by atoms with van der Waals surface area (Å²) in [6.45, 7) is 3.86. The van der Waals surface area contributed by atoms with E-state index < -0.39 is 66.7 Å². The standard InChI is InChI=1S/C25H25N3O10S/c1-12(29)34-11-18-20(35-13(2)30)21(36-14(3)31)22(37-15(4)32)24(38-18)28-23(33)17(10-26)19(27-25(28)39)16-8-6-5-7-9-16/h5-9,18,20-22,24H,11H2,1-4H3,(H,27,39)/t18-,20-,21-,22-,24-/m0/s1. The topological polar surface area (TPSA) is 176 Å². The second-order valence-corrected chi connectivity index (χ2v) is 8.81. The summed E-state index contributed by atoms with van der Waals surface area (Å²) in [5.74, 6) is -3.19. The van der Waals surface area contributed by atoms with Crippen molar-refractivity contribution in [3.63, 3.8) is 0 Å². The average molecular weight is 560 g/mol. The van der Waals surface area contributed by atoms with Crippen LogP contribution in [0.2, 0.25) is 0 Å². The molecule has 0 aliphatic carbocycles. The Kier molecular flexibility index (Phi) is 9.33. The SMILES string of the molecule is CC(=O)OC[C@@H]1O[C@H](n2c(=S)[nH]c(-c3ccccc3)c(C#N)c2=O)[C@@H](OC(C)=O)[C@@H](OC(C)=O)[C@H]1OC(C)=O. The second-order valence-electron chi connectivity index (χ2n) is 8.42.